The van der Waals surface area contributed by atoms with Crippen molar-refractivity contribution in [3.05, 3.63) is 81.2 Å². The zero-order chi connectivity index (χ0) is 27.4. The van der Waals surface area contributed by atoms with Gasteiger partial charge in [0.15, 0.2) is 17.3 Å². The van der Waals surface area contributed by atoms with Crippen LogP contribution in [0.3, 0.4) is 0 Å². The number of rotatable bonds is 9. The lowest BCUT2D eigenvalue weighted by atomic mass is 9.71. The summed E-state index contributed by atoms with van der Waals surface area (Å²) in [5.74, 6) is 0.229. The summed E-state index contributed by atoms with van der Waals surface area (Å²) in [6.45, 7) is 8.32. The summed E-state index contributed by atoms with van der Waals surface area (Å²) in [5, 5.41) is 4.07. The van der Waals surface area contributed by atoms with Crippen LogP contribution < -0.4 is 14.8 Å². The van der Waals surface area contributed by atoms with Crippen molar-refractivity contribution in [1.29, 1.82) is 0 Å². The minimum atomic E-state index is -0.574. The van der Waals surface area contributed by atoms with Crippen LogP contribution in [0.2, 0.25) is 5.02 Å². The smallest absolute Gasteiger partial charge is 0.337 e. The Morgan fingerprint density at radius 1 is 1.08 bits per heavy atom. The molecule has 0 saturated heterocycles. The molecule has 0 spiro atoms. The average molecular weight is 538 g/mol. The van der Waals surface area contributed by atoms with Crippen molar-refractivity contribution in [3.63, 3.8) is 0 Å². The molecule has 7 heteroatoms. The molecule has 2 aliphatic rings. The number of benzene rings is 2. The van der Waals surface area contributed by atoms with Gasteiger partial charge in [-0.15, -0.1) is 0 Å². The summed E-state index contributed by atoms with van der Waals surface area (Å²) in [7, 11) is 1.59. The van der Waals surface area contributed by atoms with Gasteiger partial charge in [-0.1, -0.05) is 43.6 Å². The number of ketones is 1. The highest BCUT2D eigenvalue weighted by atomic mass is 35.5. The maximum absolute atomic E-state index is 13.8. The van der Waals surface area contributed by atoms with Gasteiger partial charge >= 0.3 is 5.97 Å². The fourth-order valence-corrected chi connectivity index (χ4v) is 5.26. The van der Waals surface area contributed by atoms with Crippen LogP contribution in [0.15, 0.2) is 65.0 Å². The first-order chi connectivity index (χ1) is 18.3. The minimum absolute atomic E-state index is 0.00955. The second kappa shape index (κ2) is 12.1. The highest BCUT2D eigenvalue weighted by Crippen LogP contribution is 2.47. The normalized spacial score (nSPS) is 20.0. The summed E-state index contributed by atoms with van der Waals surface area (Å²) in [5.41, 5.74) is 4.45. The number of nitrogens with one attached hydrogen (secondary N) is 1. The predicted molar refractivity (Wildman–Crippen MR) is 149 cm³/mol. The van der Waals surface area contributed by atoms with Crippen LogP contribution in [0.25, 0.3) is 0 Å². The van der Waals surface area contributed by atoms with Gasteiger partial charge in [-0.05, 0) is 74.4 Å². The first kappa shape index (κ1) is 27.8. The lowest BCUT2D eigenvalue weighted by Gasteiger charge is -2.37. The molecule has 0 amide bonds. The van der Waals surface area contributed by atoms with Gasteiger partial charge in [-0.2, -0.15) is 0 Å². The zero-order valence-corrected chi connectivity index (χ0v) is 23.5. The summed E-state index contributed by atoms with van der Waals surface area (Å²) in [6.07, 6.45) is 2.32. The van der Waals surface area contributed by atoms with Gasteiger partial charge in [0.25, 0.3) is 0 Å². The Hall–Kier alpha value is -3.25. The Kier molecular flexibility index (Phi) is 8.83. The maximum Gasteiger partial charge on any atom is 0.337 e. The lowest BCUT2D eigenvalue weighted by molar-refractivity contribution is -0.144. The number of carbonyl (C=O) groups is 2. The molecular formula is C31H36ClNO5. The van der Waals surface area contributed by atoms with E-state index in [1.54, 1.807) is 7.11 Å². The Morgan fingerprint density at radius 2 is 1.79 bits per heavy atom. The number of carbonyl (C=O) groups excluding carboxylic acids is 2. The van der Waals surface area contributed by atoms with Crippen molar-refractivity contribution in [3.8, 4) is 11.5 Å². The van der Waals surface area contributed by atoms with Gasteiger partial charge in [-0.25, -0.2) is 4.79 Å². The standard InChI is InChI=1S/C31H36ClNO5/c1-6-14-37-26-13-10-21(17-27(26)36-5)29-28(31(35)38-18(3)7-2)19(4)33-24-15-22(16-25(34)30(24)29)20-8-11-23(32)12-9-20/h8-13,17-18,22,29,33H,6-7,14-16H2,1-5H3/t18-,22+,29+/m1/s1. The van der Waals surface area contributed by atoms with Crippen molar-refractivity contribution in [2.24, 2.45) is 0 Å². The first-order valence-electron chi connectivity index (χ1n) is 13.3. The van der Waals surface area contributed by atoms with Crippen LogP contribution in [-0.2, 0) is 14.3 Å². The number of hydrogen-bond acceptors (Lipinski definition) is 6. The number of ether oxygens (including phenoxy) is 3. The topological polar surface area (TPSA) is 73.9 Å². The summed E-state index contributed by atoms with van der Waals surface area (Å²) >= 11 is 6.09. The van der Waals surface area contributed by atoms with Crippen LogP contribution in [0.4, 0.5) is 0 Å². The van der Waals surface area contributed by atoms with E-state index in [1.807, 2.05) is 70.2 Å². The Labute approximate surface area is 230 Å². The third kappa shape index (κ3) is 5.75. The van der Waals surface area contributed by atoms with E-state index in [2.05, 4.69) is 5.32 Å². The second-order valence-corrected chi connectivity index (χ2v) is 10.4. The quantitative estimate of drug-likeness (QED) is 0.353. The molecule has 2 aromatic rings. The average Bonchev–Trinajstić information content (AvgIpc) is 2.91. The summed E-state index contributed by atoms with van der Waals surface area (Å²) in [4.78, 5) is 27.3. The maximum atomic E-state index is 13.8. The van der Waals surface area contributed by atoms with Crippen molar-refractivity contribution in [2.45, 2.75) is 71.3 Å². The van der Waals surface area contributed by atoms with E-state index in [0.717, 1.165) is 23.2 Å². The number of dihydropyridines is 1. The fourth-order valence-electron chi connectivity index (χ4n) is 5.14. The molecule has 0 unspecified atom stereocenters. The molecule has 0 aromatic heterocycles. The molecule has 0 fully saturated rings. The Bertz CT molecular complexity index is 1260. The van der Waals surface area contributed by atoms with Gasteiger partial charge in [0.2, 0.25) is 0 Å². The molecule has 0 saturated carbocycles. The van der Waals surface area contributed by atoms with Crippen LogP contribution in [0.1, 0.15) is 76.3 Å². The molecule has 1 aliphatic heterocycles. The fraction of sp³-hybridized carbons (Fsp3) is 0.419. The molecule has 1 heterocycles. The second-order valence-electron chi connectivity index (χ2n) is 9.95. The Balaban J connectivity index is 1.79. The molecular weight excluding hydrogens is 502 g/mol. The van der Waals surface area contributed by atoms with Crippen molar-refractivity contribution < 1.29 is 23.8 Å². The first-order valence-corrected chi connectivity index (χ1v) is 13.7. The lowest BCUT2D eigenvalue weighted by Crippen LogP contribution is -2.36. The molecule has 0 bridgehead atoms. The largest absolute Gasteiger partial charge is 0.493 e. The zero-order valence-electron chi connectivity index (χ0n) is 22.7. The number of halogens is 1. The van der Waals surface area contributed by atoms with Crippen molar-refractivity contribution in [2.75, 3.05) is 13.7 Å². The van der Waals surface area contributed by atoms with Gasteiger partial charge in [0.05, 0.1) is 25.4 Å². The molecule has 0 radical (unpaired) electrons. The van der Waals surface area contributed by atoms with Gasteiger partial charge in [0, 0.05) is 34.3 Å². The molecule has 202 valence electrons. The molecule has 2 aromatic carbocycles. The van der Waals surface area contributed by atoms with Crippen molar-refractivity contribution in [1.82, 2.24) is 5.32 Å². The number of esters is 1. The van der Waals surface area contributed by atoms with E-state index in [0.29, 0.717) is 59.2 Å². The van der Waals surface area contributed by atoms with Gasteiger partial charge in [-0.3, -0.25) is 4.79 Å². The molecule has 38 heavy (non-hydrogen) atoms. The van der Waals surface area contributed by atoms with Crippen LogP contribution >= 0.6 is 11.6 Å². The molecule has 6 nitrogen and oxygen atoms in total. The SMILES string of the molecule is CCCOc1ccc([C@H]2C(C(=O)O[C@H](C)CC)=C(C)NC3=C2C(=O)C[C@@H](c2ccc(Cl)cc2)C3)cc1OC. The monoisotopic (exact) mass is 537 g/mol. The van der Waals surface area contributed by atoms with Crippen LogP contribution in [0, 0.1) is 0 Å². The highest BCUT2D eigenvalue weighted by molar-refractivity contribution is 6.30. The van der Waals surface area contributed by atoms with Gasteiger partial charge < -0.3 is 19.5 Å². The van der Waals surface area contributed by atoms with Crippen LogP contribution in [0.5, 0.6) is 11.5 Å². The van der Waals surface area contributed by atoms with Crippen molar-refractivity contribution >= 4 is 23.4 Å². The number of methoxy groups -OCH3 is 1. The van der Waals surface area contributed by atoms with E-state index in [9.17, 15) is 9.59 Å². The predicted octanol–water partition coefficient (Wildman–Crippen LogP) is 6.84. The van der Waals surface area contributed by atoms with Crippen LogP contribution in [-0.4, -0.2) is 31.6 Å². The van der Waals surface area contributed by atoms with E-state index in [1.165, 1.54) is 0 Å². The van der Waals surface area contributed by atoms with E-state index in [-0.39, 0.29) is 17.8 Å². The number of hydrogen-bond donors (Lipinski definition) is 1. The molecule has 1 N–H and O–H groups in total. The molecule has 3 atom stereocenters. The number of Topliss-reactive ketones (excluding diaryl/α,β-unsaturated/α-hetero) is 1. The minimum Gasteiger partial charge on any atom is -0.493 e. The molecule has 1 aliphatic carbocycles. The third-order valence-corrected chi connectivity index (χ3v) is 7.51. The Morgan fingerprint density at radius 3 is 2.45 bits per heavy atom. The number of allylic oxidation sites excluding steroid dienone is 3. The highest BCUT2D eigenvalue weighted by Gasteiger charge is 2.42. The van der Waals surface area contributed by atoms with Gasteiger partial charge in [0.1, 0.15) is 0 Å². The third-order valence-electron chi connectivity index (χ3n) is 7.25. The van der Waals surface area contributed by atoms with E-state index >= 15 is 0 Å². The summed E-state index contributed by atoms with van der Waals surface area (Å²) in [6, 6.07) is 13.3. The summed E-state index contributed by atoms with van der Waals surface area (Å²) < 4.78 is 17.3. The molecule has 4 rings (SSSR count). The van der Waals surface area contributed by atoms with E-state index < -0.39 is 11.9 Å². The van der Waals surface area contributed by atoms with E-state index in [4.69, 9.17) is 25.8 Å².